The molecular formula is C9H21Br2O3PPd. The molecule has 0 N–H and O–H groups in total. The van der Waals surface area contributed by atoms with Gasteiger partial charge in [-0.25, -0.2) is 0 Å². The van der Waals surface area contributed by atoms with Gasteiger partial charge < -0.3 is 13.6 Å². The Morgan fingerprint density at radius 1 is 0.750 bits per heavy atom. The normalized spacial score (nSPS) is 11.5. The summed E-state index contributed by atoms with van der Waals surface area (Å²) in [5, 5.41) is 0. The number of halogens is 2. The van der Waals surface area contributed by atoms with E-state index in [1.807, 2.05) is 41.5 Å². The summed E-state index contributed by atoms with van der Waals surface area (Å²) < 4.78 is 16.5. The van der Waals surface area contributed by atoms with Crippen molar-refractivity contribution in [2.45, 2.75) is 59.9 Å². The second-order valence-corrected chi connectivity index (χ2v) is 12.0. The van der Waals surface area contributed by atoms with Crippen LogP contribution >= 0.6 is 35.5 Å². The topological polar surface area (TPSA) is 27.7 Å². The predicted molar refractivity (Wildman–Crippen MR) is 73.4 cm³/mol. The first-order valence-corrected chi connectivity index (χ1v) is 13.2. The molecule has 7 heteroatoms. The maximum absolute atomic E-state index is 5.49. The number of hydrogen-bond donors (Lipinski definition) is 0. The van der Waals surface area contributed by atoms with Crippen LogP contribution in [0.4, 0.5) is 0 Å². The van der Waals surface area contributed by atoms with Crippen LogP contribution in [0.5, 0.6) is 0 Å². The van der Waals surface area contributed by atoms with E-state index in [0.717, 1.165) is 0 Å². The van der Waals surface area contributed by atoms with Crippen molar-refractivity contribution in [3.8, 4) is 0 Å². The summed E-state index contributed by atoms with van der Waals surface area (Å²) in [5.74, 6) is 0. The molecule has 0 aromatic rings. The molecule has 0 aliphatic heterocycles. The number of hydrogen-bond acceptors (Lipinski definition) is 3. The monoisotopic (exact) mass is 472 g/mol. The molecule has 0 amide bonds. The standard InChI is InChI=1S/C9H21O3P.2BrH.Pd/c1-7(2)10-13(11-8(3)4)12-9(5)6;;;/h7-9H,1-6H3;2*1H;/q;;;+2/p-2. The van der Waals surface area contributed by atoms with Gasteiger partial charge in [0.25, 0.3) is 0 Å². The van der Waals surface area contributed by atoms with Crippen molar-refractivity contribution < 1.29 is 27.5 Å². The first-order valence-electron chi connectivity index (χ1n) is 4.96. The molecule has 3 nitrogen and oxygen atoms in total. The molecule has 0 spiro atoms. The van der Waals surface area contributed by atoms with Gasteiger partial charge in [0.1, 0.15) is 0 Å². The molecule has 0 aliphatic rings. The summed E-state index contributed by atoms with van der Waals surface area (Å²) in [7, 11) is -1.18. The van der Waals surface area contributed by atoms with Crippen molar-refractivity contribution in [2.75, 3.05) is 0 Å². The van der Waals surface area contributed by atoms with Crippen LogP contribution in [0.3, 0.4) is 0 Å². The van der Waals surface area contributed by atoms with Gasteiger partial charge in [-0.05, 0) is 41.5 Å². The van der Waals surface area contributed by atoms with E-state index in [1.54, 1.807) is 0 Å². The fourth-order valence-corrected chi connectivity index (χ4v) is 1.77. The van der Waals surface area contributed by atoms with Crippen LogP contribution in [0.1, 0.15) is 41.5 Å². The van der Waals surface area contributed by atoms with E-state index in [4.69, 9.17) is 13.6 Å². The molecule has 0 aromatic carbocycles. The van der Waals surface area contributed by atoms with E-state index >= 15 is 0 Å². The Labute approximate surface area is 122 Å². The Hall–Kier alpha value is 1.93. The van der Waals surface area contributed by atoms with Gasteiger partial charge in [-0.2, -0.15) is 0 Å². The summed E-state index contributed by atoms with van der Waals surface area (Å²) in [4.78, 5) is 0. The van der Waals surface area contributed by atoms with Gasteiger partial charge in [0.2, 0.25) is 0 Å². The van der Waals surface area contributed by atoms with Crippen LogP contribution in [0.25, 0.3) is 0 Å². The molecular weight excluding hydrogens is 453 g/mol. The first kappa shape index (κ1) is 20.3. The van der Waals surface area contributed by atoms with E-state index in [0.29, 0.717) is 13.9 Å². The Balaban J connectivity index is 0. The Bertz CT molecular complexity index is 127. The summed E-state index contributed by atoms with van der Waals surface area (Å²) in [6.07, 6.45) is 0.427. The molecule has 0 rings (SSSR count). The third kappa shape index (κ3) is 18.3. The summed E-state index contributed by atoms with van der Waals surface area (Å²) in [5.41, 5.74) is 0. The van der Waals surface area contributed by atoms with Crippen molar-refractivity contribution >= 4 is 35.5 Å². The molecule has 0 aromatic heterocycles. The van der Waals surface area contributed by atoms with E-state index < -0.39 is 8.60 Å². The fraction of sp³-hybridized carbons (Fsp3) is 1.00. The van der Waals surface area contributed by atoms with Crippen molar-refractivity contribution in [2.24, 2.45) is 0 Å². The molecule has 0 saturated carbocycles. The Morgan fingerprint density at radius 2 is 0.938 bits per heavy atom. The molecule has 0 fully saturated rings. The Kier molecular flexibility index (Phi) is 16.9. The second kappa shape index (κ2) is 13.4. The van der Waals surface area contributed by atoms with E-state index in [-0.39, 0.29) is 18.3 Å². The van der Waals surface area contributed by atoms with E-state index in [9.17, 15) is 0 Å². The molecule has 0 aliphatic carbocycles. The molecule has 16 heavy (non-hydrogen) atoms. The van der Waals surface area contributed by atoms with Gasteiger partial charge >= 0.3 is 49.4 Å². The molecule has 104 valence electrons. The van der Waals surface area contributed by atoms with Gasteiger partial charge in [0.05, 0.1) is 18.3 Å². The summed E-state index contributed by atoms with van der Waals surface area (Å²) >= 11 is 6.80. The van der Waals surface area contributed by atoms with Gasteiger partial charge in [-0.3, -0.25) is 0 Å². The predicted octanol–water partition coefficient (Wildman–Crippen LogP) is 5.18. The first-order chi connectivity index (χ1) is 7.33. The van der Waals surface area contributed by atoms with Crippen LogP contribution in [0.2, 0.25) is 0 Å². The van der Waals surface area contributed by atoms with Crippen LogP contribution in [0, 0.1) is 0 Å². The third-order valence-electron chi connectivity index (χ3n) is 0.891. The zero-order valence-electron chi connectivity index (χ0n) is 10.5. The Morgan fingerprint density at radius 3 is 1.06 bits per heavy atom. The molecule has 0 radical (unpaired) electrons. The fourth-order valence-electron chi connectivity index (χ4n) is 0.591. The van der Waals surface area contributed by atoms with E-state index in [1.165, 1.54) is 0 Å². The van der Waals surface area contributed by atoms with Crippen LogP contribution in [0.15, 0.2) is 0 Å². The minimum absolute atomic E-state index is 0.142. The molecule has 0 atom stereocenters. The second-order valence-electron chi connectivity index (χ2n) is 3.73. The van der Waals surface area contributed by atoms with Crippen LogP contribution in [-0.2, 0) is 27.5 Å². The van der Waals surface area contributed by atoms with Gasteiger partial charge in [0, 0.05) is 0 Å². The minimum atomic E-state index is -1.18. The summed E-state index contributed by atoms with van der Waals surface area (Å²) in [6.45, 7) is 11.8. The van der Waals surface area contributed by atoms with Crippen molar-refractivity contribution in [3.05, 3.63) is 0 Å². The van der Waals surface area contributed by atoms with E-state index in [2.05, 4.69) is 26.9 Å². The van der Waals surface area contributed by atoms with Gasteiger partial charge in [-0.1, -0.05) is 0 Å². The quantitative estimate of drug-likeness (QED) is 0.393. The van der Waals surface area contributed by atoms with Crippen molar-refractivity contribution in [1.29, 1.82) is 0 Å². The average Bonchev–Trinajstić information content (AvgIpc) is 2.00. The van der Waals surface area contributed by atoms with Crippen LogP contribution < -0.4 is 0 Å². The average molecular weight is 474 g/mol. The summed E-state index contributed by atoms with van der Waals surface area (Å²) in [6, 6.07) is 0. The van der Waals surface area contributed by atoms with Crippen LogP contribution in [-0.4, -0.2) is 18.3 Å². The zero-order valence-corrected chi connectivity index (χ0v) is 16.1. The van der Waals surface area contributed by atoms with Gasteiger partial charge in [-0.15, -0.1) is 0 Å². The van der Waals surface area contributed by atoms with Crippen molar-refractivity contribution in [1.82, 2.24) is 0 Å². The van der Waals surface area contributed by atoms with Gasteiger partial charge in [0.15, 0.2) is 0 Å². The third-order valence-corrected chi connectivity index (χ3v) is 2.67. The number of rotatable bonds is 6. The molecule has 0 heterocycles. The van der Waals surface area contributed by atoms with Crippen molar-refractivity contribution in [3.63, 3.8) is 0 Å². The SMILES string of the molecule is CC(C)OP(OC(C)C)OC(C)C.[Br][Pd][Br]. The molecule has 0 unspecified atom stereocenters. The molecule has 0 saturated heterocycles. The zero-order chi connectivity index (χ0) is 13.1. The maximum atomic E-state index is 5.49. The molecule has 0 bridgehead atoms.